The van der Waals surface area contributed by atoms with Crippen LogP contribution in [0.25, 0.3) is 81.7 Å². The van der Waals surface area contributed by atoms with Crippen LogP contribution in [0.1, 0.15) is 0 Å². The van der Waals surface area contributed by atoms with Crippen molar-refractivity contribution in [1.29, 1.82) is 0 Å². The first-order valence-electron chi connectivity index (χ1n) is 17.4. The average molecular weight is 651 g/mol. The average Bonchev–Trinajstić information content (AvgIpc) is 3.74. The first-order valence-corrected chi connectivity index (χ1v) is 17.4. The van der Waals surface area contributed by atoms with Crippen molar-refractivity contribution in [2.45, 2.75) is 0 Å². The monoisotopic (exact) mass is 650 g/mol. The van der Waals surface area contributed by atoms with Gasteiger partial charge in [0, 0.05) is 38.3 Å². The molecule has 51 heavy (non-hydrogen) atoms. The normalized spacial score (nSPS) is 11.9. The molecular formula is C48H30N2O. The van der Waals surface area contributed by atoms with Crippen molar-refractivity contribution in [3.63, 3.8) is 0 Å². The van der Waals surface area contributed by atoms with E-state index in [4.69, 9.17) is 4.42 Å². The van der Waals surface area contributed by atoms with Crippen LogP contribution in [-0.4, -0.2) is 4.57 Å². The molecule has 0 N–H and O–H groups in total. The Labute approximate surface area is 293 Å². The van der Waals surface area contributed by atoms with Crippen LogP contribution in [0.15, 0.2) is 186 Å². The number of anilines is 3. The molecule has 9 aromatic carbocycles. The molecule has 0 aliphatic carbocycles. The van der Waals surface area contributed by atoms with Crippen LogP contribution in [0.2, 0.25) is 0 Å². The highest BCUT2D eigenvalue weighted by Gasteiger charge is 2.24. The van der Waals surface area contributed by atoms with Crippen LogP contribution < -0.4 is 4.90 Å². The van der Waals surface area contributed by atoms with E-state index in [1.54, 1.807) is 0 Å². The SMILES string of the molecule is c1ccc(-n2c3ccccc3c3c(N(c4ccc5oc6ccccc6c5c4)c4cc5ccc6ccccc6c5c5ccccc45)cccc32)cc1. The second-order valence-electron chi connectivity index (χ2n) is 13.3. The molecule has 11 rings (SSSR count). The third-order valence-electron chi connectivity index (χ3n) is 10.5. The molecule has 0 amide bonds. The van der Waals surface area contributed by atoms with E-state index in [-0.39, 0.29) is 0 Å². The molecule has 0 saturated carbocycles. The third-order valence-corrected chi connectivity index (χ3v) is 10.5. The van der Waals surface area contributed by atoms with Gasteiger partial charge in [0.15, 0.2) is 0 Å². The van der Waals surface area contributed by atoms with Gasteiger partial charge in [-0.1, -0.05) is 121 Å². The molecule has 0 atom stereocenters. The van der Waals surface area contributed by atoms with Gasteiger partial charge < -0.3 is 13.9 Å². The third kappa shape index (κ3) is 4.12. The van der Waals surface area contributed by atoms with E-state index in [1.807, 2.05) is 12.1 Å². The standard InChI is InChI=1S/C48H30N2O/c1-2-14-33(15-3-1)49-41-21-10-8-20-39(41)48-42(49)22-12-23-43(48)50(34-27-28-46-40(30-34)37-18-9-11-24-45(37)51-46)44-29-32-26-25-31-13-4-5-16-35(31)47(32)38-19-7-6-17-36(38)44/h1-30H. The Morgan fingerprint density at radius 3 is 1.92 bits per heavy atom. The van der Waals surface area contributed by atoms with E-state index in [2.05, 4.69) is 179 Å². The Morgan fingerprint density at radius 2 is 1.04 bits per heavy atom. The molecule has 0 aliphatic rings. The molecule has 2 aromatic heterocycles. The highest BCUT2D eigenvalue weighted by Crippen LogP contribution is 2.48. The van der Waals surface area contributed by atoms with Gasteiger partial charge >= 0.3 is 0 Å². The van der Waals surface area contributed by atoms with E-state index in [1.165, 1.54) is 48.6 Å². The summed E-state index contributed by atoms with van der Waals surface area (Å²) in [5.41, 5.74) is 8.58. The predicted molar refractivity (Wildman–Crippen MR) is 215 cm³/mol. The molecule has 0 fully saturated rings. The quantitative estimate of drug-likeness (QED) is 0.177. The molecule has 238 valence electrons. The molecule has 0 radical (unpaired) electrons. The minimum atomic E-state index is 0.883. The summed E-state index contributed by atoms with van der Waals surface area (Å²) in [6.45, 7) is 0. The van der Waals surface area contributed by atoms with Crippen LogP contribution in [0, 0.1) is 0 Å². The summed E-state index contributed by atoms with van der Waals surface area (Å²) in [5, 5.41) is 12.1. The van der Waals surface area contributed by atoms with Crippen molar-refractivity contribution in [3.05, 3.63) is 182 Å². The number of hydrogen-bond acceptors (Lipinski definition) is 2. The molecule has 3 nitrogen and oxygen atoms in total. The topological polar surface area (TPSA) is 21.3 Å². The maximum Gasteiger partial charge on any atom is 0.135 e. The summed E-state index contributed by atoms with van der Waals surface area (Å²) in [4.78, 5) is 2.47. The van der Waals surface area contributed by atoms with E-state index in [9.17, 15) is 0 Å². The van der Waals surface area contributed by atoms with E-state index < -0.39 is 0 Å². The van der Waals surface area contributed by atoms with Crippen molar-refractivity contribution in [1.82, 2.24) is 4.57 Å². The van der Waals surface area contributed by atoms with Crippen LogP contribution in [-0.2, 0) is 0 Å². The van der Waals surface area contributed by atoms with Crippen LogP contribution in [0.4, 0.5) is 17.1 Å². The number of aromatic nitrogens is 1. The Balaban J connectivity index is 1.29. The summed E-state index contributed by atoms with van der Waals surface area (Å²) in [5.74, 6) is 0. The lowest BCUT2D eigenvalue weighted by Gasteiger charge is -2.28. The Morgan fingerprint density at radius 1 is 0.373 bits per heavy atom. The van der Waals surface area contributed by atoms with Gasteiger partial charge in [-0.25, -0.2) is 0 Å². The molecule has 2 heterocycles. The summed E-state index contributed by atoms with van der Waals surface area (Å²) in [6.07, 6.45) is 0. The maximum absolute atomic E-state index is 6.33. The van der Waals surface area contributed by atoms with Gasteiger partial charge in [0.1, 0.15) is 11.2 Å². The van der Waals surface area contributed by atoms with Crippen molar-refractivity contribution in [2.75, 3.05) is 4.90 Å². The lowest BCUT2D eigenvalue weighted by Crippen LogP contribution is -2.11. The zero-order valence-electron chi connectivity index (χ0n) is 27.6. The summed E-state index contributed by atoms with van der Waals surface area (Å²) < 4.78 is 8.72. The van der Waals surface area contributed by atoms with E-state index in [0.717, 1.165) is 50.2 Å². The first kappa shape index (κ1) is 28.0. The molecule has 0 spiro atoms. The molecule has 0 unspecified atom stereocenters. The largest absolute Gasteiger partial charge is 0.456 e. The fourth-order valence-electron chi connectivity index (χ4n) is 8.35. The van der Waals surface area contributed by atoms with Gasteiger partial charge in [0.25, 0.3) is 0 Å². The van der Waals surface area contributed by atoms with Gasteiger partial charge in [0.05, 0.1) is 22.4 Å². The Kier molecular flexibility index (Phi) is 5.96. The number of furan rings is 1. The van der Waals surface area contributed by atoms with Crippen molar-refractivity contribution < 1.29 is 4.42 Å². The van der Waals surface area contributed by atoms with Crippen molar-refractivity contribution >= 4 is 93.1 Å². The second kappa shape index (κ2) is 10.8. The van der Waals surface area contributed by atoms with Gasteiger partial charge in [-0.3, -0.25) is 0 Å². The fourth-order valence-corrected chi connectivity index (χ4v) is 8.35. The highest BCUT2D eigenvalue weighted by molar-refractivity contribution is 6.25. The van der Waals surface area contributed by atoms with Gasteiger partial charge in [-0.05, 0) is 87.6 Å². The first-order chi connectivity index (χ1) is 25.3. The molecular weight excluding hydrogens is 621 g/mol. The summed E-state index contributed by atoms with van der Waals surface area (Å²) >= 11 is 0. The number of nitrogens with zero attached hydrogens (tertiary/aromatic N) is 2. The zero-order valence-corrected chi connectivity index (χ0v) is 27.6. The Bertz CT molecular complexity index is 3150. The Hall–Kier alpha value is -6.84. The highest BCUT2D eigenvalue weighted by atomic mass is 16.3. The zero-order chi connectivity index (χ0) is 33.5. The minimum Gasteiger partial charge on any atom is -0.456 e. The lowest BCUT2D eigenvalue weighted by molar-refractivity contribution is 0.669. The number of rotatable bonds is 4. The smallest absolute Gasteiger partial charge is 0.135 e. The van der Waals surface area contributed by atoms with Gasteiger partial charge in [-0.15, -0.1) is 0 Å². The molecule has 0 saturated heterocycles. The lowest BCUT2D eigenvalue weighted by atomic mass is 9.94. The predicted octanol–water partition coefficient (Wildman–Crippen LogP) is 13.6. The maximum atomic E-state index is 6.33. The van der Waals surface area contributed by atoms with Crippen LogP contribution in [0.3, 0.4) is 0 Å². The summed E-state index contributed by atoms with van der Waals surface area (Å²) in [6, 6.07) is 65.7. The minimum absolute atomic E-state index is 0.883. The number of benzene rings is 9. The fraction of sp³-hybridized carbons (Fsp3) is 0. The summed E-state index contributed by atoms with van der Waals surface area (Å²) in [7, 11) is 0. The number of para-hydroxylation sites is 3. The van der Waals surface area contributed by atoms with E-state index in [0.29, 0.717) is 0 Å². The second-order valence-corrected chi connectivity index (χ2v) is 13.3. The number of hydrogen-bond donors (Lipinski definition) is 0. The molecule has 0 bridgehead atoms. The molecule has 0 aliphatic heterocycles. The van der Waals surface area contributed by atoms with Crippen molar-refractivity contribution in [3.8, 4) is 5.69 Å². The number of fused-ring (bicyclic) bond motifs is 11. The van der Waals surface area contributed by atoms with Gasteiger partial charge in [0.2, 0.25) is 0 Å². The molecule has 11 aromatic rings. The van der Waals surface area contributed by atoms with Crippen LogP contribution in [0.5, 0.6) is 0 Å². The van der Waals surface area contributed by atoms with Crippen LogP contribution >= 0.6 is 0 Å². The molecule has 3 heteroatoms. The van der Waals surface area contributed by atoms with Gasteiger partial charge in [-0.2, -0.15) is 0 Å². The van der Waals surface area contributed by atoms with Crippen molar-refractivity contribution in [2.24, 2.45) is 0 Å². The van der Waals surface area contributed by atoms with E-state index >= 15 is 0 Å².